The van der Waals surface area contributed by atoms with Crippen molar-refractivity contribution in [3.63, 3.8) is 0 Å². The Labute approximate surface area is 131 Å². The molecule has 1 amide bonds. The van der Waals surface area contributed by atoms with Crippen LogP contribution >= 0.6 is 11.3 Å². The highest BCUT2D eigenvalue weighted by molar-refractivity contribution is 7.09. The smallest absolute Gasteiger partial charge is 0.275 e. The van der Waals surface area contributed by atoms with Gasteiger partial charge >= 0.3 is 0 Å². The van der Waals surface area contributed by atoms with E-state index in [1.54, 1.807) is 17.5 Å². The summed E-state index contributed by atoms with van der Waals surface area (Å²) in [5, 5.41) is 5.27. The van der Waals surface area contributed by atoms with Crippen LogP contribution in [0.2, 0.25) is 0 Å². The molecule has 7 heteroatoms. The topological polar surface area (TPSA) is 54.5 Å². The van der Waals surface area contributed by atoms with Crippen molar-refractivity contribution in [2.24, 2.45) is 0 Å². The molecule has 0 saturated carbocycles. The van der Waals surface area contributed by atoms with Crippen molar-refractivity contribution in [1.29, 1.82) is 0 Å². The summed E-state index contributed by atoms with van der Waals surface area (Å²) in [6.07, 6.45) is 0. The third-order valence-electron chi connectivity index (χ3n) is 3.33. The zero-order valence-corrected chi connectivity index (χ0v) is 12.7. The molecule has 0 unspecified atom stereocenters. The van der Waals surface area contributed by atoms with Crippen molar-refractivity contribution >= 4 is 22.9 Å². The highest BCUT2D eigenvalue weighted by Gasteiger charge is 2.15. The number of carbonyl (C=O) groups is 1. The second kappa shape index (κ2) is 6.95. The fourth-order valence-corrected chi connectivity index (χ4v) is 3.02. The van der Waals surface area contributed by atoms with Gasteiger partial charge in [0.1, 0.15) is 16.5 Å². The van der Waals surface area contributed by atoms with E-state index in [0.717, 1.165) is 37.9 Å². The number of carbonyl (C=O) groups excluding carboxylic acids is 1. The molecule has 2 heterocycles. The van der Waals surface area contributed by atoms with Gasteiger partial charge < -0.3 is 10.1 Å². The molecule has 1 aliphatic heterocycles. The summed E-state index contributed by atoms with van der Waals surface area (Å²) in [6, 6.07) is 5.80. The average Bonchev–Trinajstić information content (AvgIpc) is 2.97. The number of morpholine rings is 1. The molecule has 0 bridgehead atoms. The minimum Gasteiger partial charge on any atom is -0.379 e. The molecular weight excluding hydrogens is 305 g/mol. The quantitative estimate of drug-likeness (QED) is 0.939. The highest BCUT2D eigenvalue weighted by Crippen LogP contribution is 2.16. The molecule has 1 aliphatic rings. The lowest BCUT2D eigenvalue weighted by Crippen LogP contribution is -2.35. The maximum Gasteiger partial charge on any atom is 0.275 e. The van der Waals surface area contributed by atoms with Gasteiger partial charge in [-0.1, -0.05) is 6.07 Å². The summed E-state index contributed by atoms with van der Waals surface area (Å²) in [6.45, 7) is 3.95. The summed E-state index contributed by atoms with van der Waals surface area (Å²) in [5.74, 6) is -0.709. The zero-order valence-electron chi connectivity index (χ0n) is 11.9. The van der Waals surface area contributed by atoms with Crippen molar-refractivity contribution in [2.45, 2.75) is 6.54 Å². The number of anilines is 1. The van der Waals surface area contributed by atoms with Crippen LogP contribution < -0.4 is 5.32 Å². The van der Waals surface area contributed by atoms with E-state index in [1.807, 2.05) is 0 Å². The Kier molecular flexibility index (Phi) is 4.77. The van der Waals surface area contributed by atoms with Crippen molar-refractivity contribution in [3.05, 3.63) is 46.2 Å². The number of rotatable bonds is 4. The van der Waals surface area contributed by atoms with Crippen LogP contribution in [0.15, 0.2) is 29.6 Å². The monoisotopic (exact) mass is 321 g/mol. The molecule has 0 spiro atoms. The molecular formula is C15H16FN3O2S. The second-order valence-corrected chi connectivity index (χ2v) is 5.92. The normalized spacial score (nSPS) is 15.7. The van der Waals surface area contributed by atoms with Crippen LogP contribution in [0.4, 0.5) is 10.1 Å². The van der Waals surface area contributed by atoms with Crippen molar-refractivity contribution in [3.8, 4) is 0 Å². The van der Waals surface area contributed by atoms with Crippen LogP contribution in [-0.4, -0.2) is 42.1 Å². The van der Waals surface area contributed by atoms with E-state index >= 15 is 0 Å². The number of halogens is 1. The van der Waals surface area contributed by atoms with Gasteiger partial charge in [-0.05, 0) is 18.2 Å². The number of benzene rings is 1. The molecule has 1 aromatic heterocycles. The summed E-state index contributed by atoms with van der Waals surface area (Å²) in [5.41, 5.74) is 0.783. The Morgan fingerprint density at radius 2 is 2.23 bits per heavy atom. The minimum absolute atomic E-state index is 0.324. The van der Waals surface area contributed by atoms with Gasteiger partial charge in [0, 0.05) is 24.2 Å². The van der Waals surface area contributed by atoms with Crippen molar-refractivity contribution in [2.75, 3.05) is 31.6 Å². The van der Waals surface area contributed by atoms with Crippen LogP contribution in [0.1, 0.15) is 15.5 Å². The fourth-order valence-electron chi connectivity index (χ4n) is 2.20. The first kappa shape index (κ1) is 15.1. The SMILES string of the molecule is O=C(Nc1cccc(F)c1)c1csc(CN2CCOCC2)n1. The molecule has 22 heavy (non-hydrogen) atoms. The van der Waals surface area contributed by atoms with E-state index in [4.69, 9.17) is 4.74 Å². The molecule has 1 fully saturated rings. The van der Waals surface area contributed by atoms with Crippen LogP contribution in [0, 0.1) is 5.82 Å². The molecule has 1 saturated heterocycles. The average molecular weight is 321 g/mol. The minimum atomic E-state index is -0.385. The van der Waals surface area contributed by atoms with Crippen LogP contribution in [0.25, 0.3) is 0 Å². The fraction of sp³-hybridized carbons (Fsp3) is 0.333. The number of amides is 1. The number of nitrogens with zero attached hydrogens (tertiary/aromatic N) is 2. The summed E-state index contributed by atoms with van der Waals surface area (Å²) in [4.78, 5) is 18.7. The van der Waals surface area contributed by atoms with E-state index in [2.05, 4.69) is 15.2 Å². The van der Waals surface area contributed by atoms with E-state index in [1.165, 1.54) is 23.5 Å². The summed E-state index contributed by atoms with van der Waals surface area (Å²) < 4.78 is 18.4. The first-order valence-corrected chi connectivity index (χ1v) is 7.90. The van der Waals surface area contributed by atoms with Gasteiger partial charge in [0.15, 0.2) is 0 Å². The third-order valence-corrected chi connectivity index (χ3v) is 4.16. The predicted molar refractivity (Wildman–Crippen MR) is 82.6 cm³/mol. The van der Waals surface area contributed by atoms with Gasteiger partial charge in [0.25, 0.3) is 5.91 Å². The Bertz CT molecular complexity index is 656. The Hall–Kier alpha value is -1.83. The maximum absolute atomic E-state index is 13.1. The first-order chi connectivity index (χ1) is 10.7. The lowest BCUT2D eigenvalue weighted by Gasteiger charge is -2.25. The van der Waals surface area contributed by atoms with Crippen LogP contribution in [0.5, 0.6) is 0 Å². The van der Waals surface area contributed by atoms with Gasteiger partial charge in [-0.15, -0.1) is 11.3 Å². The zero-order chi connectivity index (χ0) is 15.4. The lowest BCUT2D eigenvalue weighted by atomic mass is 10.3. The number of hydrogen-bond donors (Lipinski definition) is 1. The molecule has 0 radical (unpaired) electrons. The molecule has 0 atom stereocenters. The molecule has 3 rings (SSSR count). The second-order valence-electron chi connectivity index (χ2n) is 4.98. The van der Waals surface area contributed by atoms with Gasteiger partial charge in [-0.3, -0.25) is 9.69 Å². The van der Waals surface area contributed by atoms with Crippen LogP contribution in [-0.2, 0) is 11.3 Å². The number of aromatic nitrogens is 1. The Morgan fingerprint density at radius 3 is 3.00 bits per heavy atom. The number of nitrogens with one attached hydrogen (secondary N) is 1. The molecule has 2 aromatic rings. The van der Waals surface area contributed by atoms with E-state index in [-0.39, 0.29) is 11.7 Å². The molecule has 5 nitrogen and oxygen atoms in total. The number of thiazole rings is 1. The molecule has 1 aromatic carbocycles. The standard InChI is InChI=1S/C15H16FN3O2S/c16-11-2-1-3-12(8-11)17-15(20)13-10-22-14(18-13)9-19-4-6-21-7-5-19/h1-3,8,10H,4-7,9H2,(H,17,20). The van der Waals surface area contributed by atoms with Crippen molar-refractivity contribution in [1.82, 2.24) is 9.88 Å². The van der Waals surface area contributed by atoms with E-state index in [9.17, 15) is 9.18 Å². The Morgan fingerprint density at radius 1 is 1.41 bits per heavy atom. The van der Waals surface area contributed by atoms with Gasteiger partial charge in [-0.2, -0.15) is 0 Å². The predicted octanol–water partition coefficient (Wildman–Crippen LogP) is 2.37. The van der Waals surface area contributed by atoms with E-state index in [0.29, 0.717) is 11.4 Å². The number of hydrogen-bond acceptors (Lipinski definition) is 5. The Balaban J connectivity index is 1.61. The molecule has 1 N–H and O–H groups in total. The van der Waals surface area contributed by atoms with Gasteiger partial charge in [0.05, 0.1) is 19.8 Å². The van der Waals surface area contributed by atoms with E-state index < -0.39 is 0 Å². The summed E-state index contributed by atoms with van der Waals surface area (Å²) >= 11 is 1.46. The van der Waals surface area contributed by atoms with Crippen molar-refractivity contribution < 1.29 is 13.9 Å². The highest BCUT2D eigenvalue weighted by atomic mass is 32.1. The maximum atomic E-state index is 13.1. The molecule has 116 valence electrons. The largest absolute Gasteiger partial charge is 0.379 e. The third kappa shape index (κ3) is 3.88. The molecule has 0 aliphatic carbocycles. The van der Waals surface area contributed by atoms with Gasteiger partial charge in [-0.25, -0.2) is 9.37 Å². The van der Waals surface area contributed by atoms with Gasteiger partial charge in [0.2, 0.25) is 0 Å². The first-order valence-electron chi connectivity index (χ1n) is 7.02. The lowest BCUT2D eigenvalue weighted by molar-refractivity contribution is 0.0341. The van der Waals surface area contributed by atoms with Crippen LogP contribution in [0.3, 0.4) is 0 Å². The summed E-state index contributed by atoms with van der Waals surface area (Å²) in [7, 11) is 0. The number of ether oxygens (including phenoxy) is 1.